The fourth-order valence-electron chi connectivity index (χ4n) is 4.59. The Morgan fingerprint density at radius 1 is 1.08 bits per heavy atom. The van der Waals surface area contributed by atoms with Crippen LogP contribution < -0.4 is 14.8 Å². The average Bonchev–Trinajstić information content (AvgIpc) is 3.55. The molecule has 2 amide bonds. The zero-order chi connectivity index (χ0) is 26.2. The van der Waals surface area contributed by atoms with Crippen LogP contribution in [0, 0.1) is 0 Å². The summed E-state index contributed by atoms with van der Waals surface area (Å²) >= 11 is 0. The van der Waals surface area contributed by atoms with Gasteiger partial charge in [-0.15, -0.1) is 0 Å². The number of carbonyl (C=O) groups is 1. The van der Waals surface area contributed by atoms with Gasteiger partial charge in [-0.2, -0.15) is 13.2 Å². The first kappa shape index (κ1) is 24.5. The molecule has 10 heteroatoms. The van der Waals surface area contributed by atoms with Gasteiger partial charge in [0.05, 0.1) is 25.5 Å². The zero-order valence-electron chi connectivity index (χ0n) is 20.1. The molecule has 1 N–H and O–H groups in total. The van der Waals surface area contributed by atoms with E-state index in [0.29, 0.717) is 52.7 Å². The van der Waals surface area contributed by atoms with E-state index in [9.17, 15) is 18.0 Å². The van der Waals surface area contributed by atoms with Crippen LogP contribution >= 0.6 is 0 Å². The highest BCUT2D eigenvalue weighted by Crippen LogP contribution is 2.39. The maximum absolute atomic E-state index is 13.5. The number of carbonyl (C=O) groups excluding carboxylic acids is 1. The van der Waals surface area contributed by atoms with Crippen molar-refractivity contribution in [1.29, 1.82) is 0 Å². The number of aromatic nitrogens is 1. The molecule has 0 aliphatic carbocycles. The first-order valence-corrected chi connectivity index (χ1v) is 11.6. The molecule has 37 heavy (non-hydrogen) atoms. The smallest absolute Gasteiger partial charge is 0.417 e. The number of hydrogen-bond donors (Lipinski definition) is 1. The lowest BCUT2D eigenvalue weighted by Crippen LogP contribution is -2.34. The molecule has 5 rings (SSSR count). The number of hydrogen-bond acceptors (Lipinski definition) is 5. The van der Waals surface area contributed by atoms with Gasteiger partial charge < -0.3 is 24.1 Å². The molecule has 0 saturated carbocycles. The second-order valence-electron chi connectivity index (χ2n) is 8.63. The van der Waals surface area contributed by atoms with Gasteiger partial charge in [0.2, 0.25) is 5.89 Å². The third kappa shape index (κ3) is 4.78. The Kier molecular flexibility index (Phi) is 6.41. The van der Waals surface area contributed by atoms with E-state index in [1.807, 2.05) is 0 Å². The molecule has 7 nitrogen and oxygen atoms in total. The Bertz CT molecular complexity index is 1450. The second-order valence-corrected chi connectivity index (χ2v) is 8.63. The largest absolute Gasteiger partial charge is 0.497 e. The van der Waals surface area contributed by atoms with E-state index in [1.165, 1.54) is 19.2 Å². The lowest BCUT2D eigenvalue weighted by molar-refractivity contribution is -0.137. The van der Waals surface area contributed by atoms with E-state index in [-0.39, 0.29) is 11.6 Å². The van der Waals surface area contributed by atoms with Gasteiger partial charge in [-0.25, -0.2) is 9.78 Å². The van der Waals surface area contributed by atoms with Crippen LogP contribution in [0.5, 0.6) is 11.5 Å². The van der Waals surface area contributed by atoms with Gasteiger partial charge in [-0.3, -0.25) is 0 Å². The van der Waals surface area contributed by atoms with Crippen LogP contribution in [-0.2, 0) is 6.18 Å². The van der Waals surface area contributed by atoms with Gasteiger partial charge >= 0.3 is 12.2 Å². The summed E-state index contributed by atoms with van der Waals surface area (Å²) in [5.74, 6) is 1.39. The summed E-state index contributed by atoms with van der Waals surface area (Å²) in [5, 5.41) is 2.87. The number of oxazole rings is 1. The van der Waals surface area contributed by atoms with Crippen LogP contribution in [-0.4, -0.2) is 36.7 Å². The molecule has 1 fully saturated rings. The van der Waals surface area contributed by atoms with Gasteiger partial charge in [-0.05, 0) is 54.3 Å². The van der Waals surface area contributed by atoms with Crippen molar-refractivity contribution in [3.63, 3.8) is 0 Å². The molecule has 1 aliphatic rings. The number of likely N-dealkylation sites (tertiary alicyclic amines) is 1. The fraction of sp³-hybridized carbons (Fsp3) is 0.259. The number of benzene rings is 3. The molecular weight excluding hydrogens is 487 g/mol. The number of nitrogens with zero attached hydrogens (tertiary/aromatic N) is 2. The maximum Gasteiger partial charge on any atom is 0.417 e. The number of rotatable bonds is 5. The van der Waals surface area contributed by atoms with E-state index in [0.717, 1.165) is 12.5 Å². The van der Waals surface area contributed by atoms with E-state index in [2.05, 4.69) is 10.3 Å². The maximum atomic E-state index is 13.5. The van der Waals surface area contributed by atoms with Crippen molar-refractivity contribution >= 4 is 22.8 Å². The minimum Gasteiger partial charge on any atom is -0.497 e. The number of nitrogens with one attached hydrogen (secondary N) is 1. The van der Waals surface area contributed by atoms with Crippen molar-refractivity contribution < 1.29 is 31.9 Å². The number of anilines is 1. The molecule has 2 heterocycles. The molecular formula is C27H24F3N3O4. The molecule has 0 bridgehead atoms. The summed E-state index contributed by atoms with van der Waals surface area (Å²) < 4.78 is 57.1. The number of alkyl halides is 3. The predicted octanol–water partition coefficient (Wildman–Crippen LogP) is 6.90. The number of fused-ring (bicyclic) bond motifs is 1. The van der Waals surface area contributed by atoms with E-state index >= 15 is 0 Å². The Hall–Kier alpha value is -4.21. The van der Waals surface area contributed by atoms with Crippen LogP contribution in [0.2, 0.25) is 0 Å². The van der Waals surface area contributed by atoms with Gasteiger partial charge in [0, 0.05) is 12.6 Å². The lowest BCUT2D eigenvalue weighted by Gasteiger charge is -2.23. The topological polar surface area (TPSA) is 76.8 Å². The number of amides is 2. The Morgan fingerprint density at radius 3 is 2.65 bits per heavy atom. The van der Waals surface area contributed by atoms with Crippen molar-refractivity contribution in [3.05, 3.63) is 72.1 Å². The van der Waals surface area contributed by atoms with Crippen LogP contribution in [0.1, 0.15) is 30.3 Å². The Morgan fingerprint density at radius 2 is 1.89 bits per heavy atom. The van der Waals surface area contributed by atoms with Crippen LogP contribution in [0.4, 0.5) is 23.7 Å². The highest BCUT2D eigenvalue weighted by molar-refractivity contribution is 5.91. The SMILES string of the molecule is COc1ccc(NC(=O)N2CCCC2c2nc3cc(-c4ccccc4C(F)(F)F)ccc3o2)c(OC)c1. The van der Waals surface area contributed by atoms with Gasteiger partial charge in [-0.1, -0.05) is 24.3 Å². The minimum absolute atomic E-state index is 0.0664. The Labute approximate surface area is 210 Å². The summed E-state index contributed by atoms with van der Waals surface area (Å²) in [4.78, 5) is 19.4. The number of urea groups is 1. The standard InChI is InChI=1S/C27H24F3N3O4/c1-35-17-10-11-20(24(15-17)36-2)32-26(34)33-13-5-8-22(33)25-31-21-14-16(9-12-23(21)37-25)18-6-3-4-7-19(18)27(28,29)30/h3-4,6-7,9-12,14-15,22H,5,8,13H2,1-2H3,(H,32,34). The molecule has 3 aromatic carbocycles. The number of halogens is 3. The Balaban J connectivity index is 1.41. The van der Waals surface area contributed by atoms with Crippen molar-refractivity contribution in [2.45, 2.75) is 25.1 Å². The highest BCUT2D eigenvalue weighted by Gasteiger charge is 2.35. The minimum atomic E-state index is -4.48. The third-order valence-electron chi connectivity index (χ3n) is 6.40. The molecule has 1 saturated heterocycles. The summed E-state index contributed by atoms with van der Waals surface area (Å²) in [7, 11) is 3.04. The first-order chi connectivity index (χ1) is 17.8. The van der Waals surface area contributed by atoms with Crippen molar-refractivity contribution in [2.75, 3.05) is 26.1 Å². The monoisotopic (exact) mass is 511 g/mol. The van der Waals surface area contributed by atoms with Crippen molar-refractivity contribution in [3.8, 4) is 22.6 Å². The number of ether oxygens (including phenoxy) is 2. The highest BCUT2D eigenvalue weighted by atomic mass is 19.4. The predicted molar refractivity (Wildman–Crippen MR) is 132 cm³/mol. The second kappa shape index (κ2) is 9.68. The summed E-state index contributed by atoms with van der Waals surface area (Å²) in [6.45, 7) is 0.498. The van der Waals surface area contributed by atoms with E-state index in [4.69, 9.17) is 13.9 Å². The lowest BCUT2D eigenvalue weighted by atomic mass is 9.99. The first-order valence-electron chi connectivity index (χ1n) is 11.6. The molecule has 4 aromatic rings. The van der Waals surface area contributed by atoms with Gasteiger partial charge in [0.25, 0.3) is 0 Å². The quantitative estimate of drug-likeness (QED) is 0.315. The van der Waals surface area contributed by atoms with E-state index < -0.39 is 17.8 Å². The molecule has 192 valence electrons. The van der Waals surface area contributed by atoms with Gasteiger partial charge in [0.15, 0.2) is 5.58 Å². The summed E-state index contributed by atoms with van der Waals surface area (Å²) in [6.07, 6.45) is -3.09. The van der Waals surface area contributed by atoms with Gasteiger partial charge in [0.1, 0.15) is 23.1 Å². The molecule has 0 radical (unpaired) electrons. The average molecular weight is 512 g/mol. The molecule has 1 unspecified atom stereocenters. The van der Waals surface area contributed by atoms with E-state index in [1.54, 1.807) is 54.5 Å². The van der Waals surface area contributed by atoms with Crippen LogP contribution in [0.3, 0.4) is 0 Å². The van der Waals surface area contributed by atoms with Crippen LogP contribution in [0.15, 0.2) is 65.1 Å². The zero-order valence-corrected chi connectivity index (χ0v) is 20.1. The normalized spacial score (nSPS) is 15.7. The third-order valence-corrected chi connectivity index (χ3v) is 6.40. The van der Waals surface area contributed by atoms with Crippen LogP contribution in [0.25, 0.3) is 22.2 Å². The van der Waals surface area contributed by atoms with Crippen molar-refractivity contribution in [2.24, 2.45) is 0 Å². The summed E-state index contributed by atoms with van der Waals surface area (Å²) in [6, 6.07) is 14.5. The van der Waals surface area contributed by atoms with Crippen molar-refractivity contribution in [1.82, 2.24) is 9.88 Å². The molecule has 1 aromatic heterocycles. The fourth-order valence-corrected chi connectivity index (χ4v) is 4.59. The molecule has 1 aliphatic heterocycles. The summed E-state index contributed by atoms with van der Waals surface area (Å²) in [5.41, 5.74) is 1.08. The molecule has 0 spiro atoms. The number of methoxy groups -OCH3 is 2. The molecule has 1 atom stereocenters.